The van der Waals surface area contributed by atoms with Crippen LogP contribution in [0.4, 0.5) is 4.79 Å². The molecule has 1 saturated heterocycles. The maximum atomic E-state index is 11.6. The summed E-state index contributed by atoms with van der Waals surface area (Å²) in [6, 6.07) is 1.58. The van der Waals surface area contributed by atoms with Gasteiger partial charge in [-0.25, -0.2) is 4.79 Å². The zero-order chi connectivity index (χ0) is 12.4. The summed E-state index contributed by atoms with van der Waals surface area (Å²) < 4.78 is 1.68. The van der Waals surface area contributed by atoms with Crippen LogP contribution in [0, 0.1) is 5.92 Å². The van der Waals surface area contributed by atoms with Crippen molar-refractivity contribution in [3.63, 3.8) is 0 Å². The van der Waals surface area contributed by atoms with Gasteiger partial charge in [-0.1, -0.05) is 0 Å². The first-order valence-electron chi connectivity index (χ1n) is 5.30. The number of urea groups is 1. The normalized spacial score (nSPS) is 15.5. The Morgan fingerprint density at radius 2 is 2.29 bits per heavy atom. The molecule has 1 aliphatic rings. The van der Waals surface area contributed by atoms with Crippen molar-refractivity contribution in [2.75, 3.05) is 13.1 Å². The van der Waals surface area contributed by atoms with Crippen molar-refractivity contribution < 1.29 is 14.7 Å². The number of hydrogen-bond donors (Lipinski definition) is 2. The number of amides is 2. The molecule has 1 aromatic heterocycles. The Hall–Kier alpha value is -2.05. The van der Waals surface area contributed by atoms with Gasteiger partial charge in [0.15, 0.2) is 0 Å². The molecule has 0 aromatic carbocycles. The molecule has 7 heteroatoms. The Morgan fingerprint density at radius 1 is 1.59 bits per heavy atom. The molecule has 0 unspecified atom stereocenters. The molecular weight excluding hydrogens is 224 g/mol. The number of aryl methyl sites for hydroxylation is 1. The highest BCUT2D eigenvalue weighted by molar-refractivity contribution is 5.79. The molecule has 0 spiro atoms. The fraction of sp³-hybridized carbons (Fsp3) is 0.500. The maximum absolute atomic E-state index is 11.6. The Bertz CT molecular complexity index is 437. The van der Waals surface area contributed by atoms with Gasteiger partial charge in [0, 0.05) is 26.3 Å². The van der Waals surface area contributed by atoms with Crippen molar-refractivity contribution >= 4 is 12.0 Å². The van der Waals surface area contributed by atoms with Crippen LogP contribution in [0.2, 0.25) is 0 Å². The van der Waals surface area contributed by atoms with E-state index in [2.05, 4.69) is 10.4 Å². The molecule has 7 nitrogen and oxygen atoms in total. The highest BCUT2D eigenvalue weighted by atomic mass is 16.4. The van der Waals surface area contributed by atoms with Crippen LogP contribution in [0.1, 0.15) is 5.69 Å². The van der Waals surface area contributed by atoms with Gasteiger partial charge in [0.2, 0.25) is 0 Å². The Morgan fingerprint density at radius 3 is 2.82 bits per heavy atom. The number of aliphatic carboxylic acids is 1. The van der Waals surface area contributed by atoms with Crippen LogP contribution in [0.5, 0.6) is 0 Å². The lowest BCUT2D eigenvalue weighted by Gasteiger charge is -2.36. The van der Waals surface area contributed by atoms with E-state index in [-0.39, 0.29) is 19.1 Å². The predicted octanol–water partition coefficient (Wildman–Crippen LogP) is -0.354. The Kier molecular flexibility index (Phi) is 2.99. The van der Waals surface area contributed by atoms with Crippen molar-refractivity contribution in [1.82, 2.24) is 20.0 Å². The number of carbonyl (C=O) groups excluding carboxylic acids is 1. The number of carboxylic acids is 1. The second-order valence-electron chi connectivity index (χ2n) is 4.05. The molecule has 17 heavy (non-hydrogen) atoms. The summed E-state index contributed by atoms with van der Waals surface area (Å²) in [5.74, 6) is -1.27. The second kappa shape index (κ2) is 4.44. The smallest absolute Gasteiger partial charge is 0.317 e. The van der Waals surface area contributed by atoms with Crippen LogP contribution < -0.4 is 5.32 Å². The van der Waals surface area contributed by atoms with Crippen molar-refractivity contribution in [2.24, 2.45) is 13.0 Å². The molecule has 0 bridgehead atoms. The molecule has 1 aliphatic heterocycles. The predicted molar refractivity (Wildman–Crippen MR) is 58.1 cm³/mol. The maximum Gasteiger partial charge on any atom is 0.317 e. The van der Waals surface area contributed by atoms with E-state index in [1.54, 1.807) is 17.9 Å². The molecule has 2 amide bonds. The molecule has 2 heterocycles. The summed E-state index contributed by atoms with van der Waals surface area (Å²) in [6.45, 7) is 0.961. The molecule has 2 rings (SSSR count). The minimum Gasteiger partial charge on any atom is -0.481 e. The summed E-state index contributed by atoms with van der Waals surface area (Å²) in [5.41, 5.74) is 0.897. The molecule has 92 valence electrons. The first-order chi connectivity index (χ1) is 8.08. The zero-order valence-electron chi connectivity index (χ0n) is 9.46. The van der Waals surface area contributed by atoms with Crippen LogP contribution in [0.3, 0.4) is 0 Å². The van der Waals surface area contributed by atoms with Gasteiger partial charge in [-0.3, -0.25) is 9.48 Å². The highest BCUT2D eigenvalue weighted by Crippen LogP contribution is 2.15. The molecule has 0 radical (unpaired) electrons. The van der Waals surface area contributed by atoms with Gasteiger partial charge >= 0.3 is 12.0 Å². The summed E-state index contributed by atoms with van der Waals surface area (Å²) in [4.78, 5) is 23.6. The fourth-order valence-electron chi connectivity index (χ4n) is 1.65. The summed E-state index contributed by atoms with van der Waals surface area (Å²) in [7, 11) is 1.80. The lowest BCUT2D eigenvalue weighted by Crippen LogP contribution is -2.56. The van der Waals surface area contributed by atoms with Gasteiger partial charge in [-0.2, -0.15) is 5.10 Å². The molecule has 0 aliphatic carbocycles. The van der Waals surface area contributed by atoms with E-state index in [1.807, 2.05) is 6.07 Å². The van der Waals surface area contributed by atoms with Crippen molar-refractivity contribution in [2.45, 2.75) is 6.54 Å². The monoisotopic (exact) mass is 238 g/mol. The van der Waals surface area contributed by atoms with Gasteiger partial charge in [-0.15, -0.1) is 0 Å². The van der Waals surface area contributed by atoms with E-state index in [0.717, 1.165) is 5.69 Å². The minimum absolute atomic E-state index is 0.233. The third-order valence-electron chi connectivity index (χ3n) is 2.86. The number of carboxylic acid groups (broad SMARTS) is 1. The molecular formula is C10H14N4O3. The lowest BCUT2D eigenvalue weighted by molar-refractivity contribution is -0.146. The quantitative estimate of drug-likeness (QED) is 0.753. The minimum atomic E-state index is -0.847. The average Bonchev–Trinajstić information content (AvgIpc) is 2.58. The lowest BCUT2D eigenvalue weighted by atomic mass is 10.0. The number of hydrogen-bond acceptors (Lipinski definition) is 3. The van der Waals surface area contributed by atoms with Gasteiger partial charge < -0.3 is 15.3 Å². The van der Waals surface area contributed by atoms with E-state index in [1.165, 1.54) is 4.90 Å². The van der Waals surface area contributed by atoms with Gasteiger partial charge in [0.1, 0.15) is 0 Å². The fourth-order valence-corrected chi connectivity index (χ4v) is 1.65. The SMILES string of the molecule is Cn1nccc1CNC(=O)N1CC(C(=O)O)C1. The number of nitrogens with one attached hydrogen (secondary N) is 1. The van der Waals surface area contributed by atoms with Gasteiger partial charge in [-0.05, 0) is 6.07 Å². The summed E-state index contributed by atoms with van der Waals surface area (Å²) in [5, 5.41) is 15.4. The topological polar surface area (TPSA) is 87.5 Å². The molecule has 1 fully saturated rings. The standard InChI is InChI=1S/C10H14N4O3/c1-13-8(2-3-12-13)4-11-10(17)14-5-7(6-14)9(15)16/h2-3,7H,4-6H2,1H3,(H,11,17)(H,15,16). The average molecular weight is 238 g/mol. The van der Waals surface area contributed by atoms with Crippen molar-refractivity contribution in [1.29, 1.82) is 0 Å². The first kappa shape index (κ1) is 11.4. The van der Waals surface area contributed by atoms with E-state index in [9.17, 15) is 9.59 Å². The largest absolute Gasteiger partial charge is 0.481 e. The van der Waals surface area contributed by atoms with Crippen LogP contribution in [0.15, 0.2) is 12.3 Å². The summed E-state index contributed by atoms with van der Waals surface area (Å²) >= 11 is 0. The molecule has 1 aromatic rings. The number of rotatable bonds is 3. The van der Waals surface area contributed by atoms with Crippen molar-refractivity contribution in [3.05, 3.63) is 18.0 Å². The van der Waals surface area contributed by atoms with Crippen molar-refractivity contribution in [3.8, 4) is 0 Å². The number of nitrogens with zero attached hydrogens (tertiary/aromatic N) is 3. The highest BCUT2D eigenvalue weighted by Gasteiger charge is 2.35. The Labute approximate surface area is 98.0 Å². The third-order valence-corrected chi connectivity index (χ3v) is 2.86. The molecule has 0 atom stereocenters. The van der Waals surface area contributed by atoms with E-state index in [4.69, 9.17) is 5.11 Å². The Balaban J connectivity index is 1.76. The van der Waals surface area contributed by atoms with Crippen LogP contribution in [-0.4, -0.2) is 44.9 Å². The number of likely N-dealkylation sites (tertiary alicyclic amines) is 1. The molecule has 0 saturated carbocycles. The third kappa shape index (κ3) is 2.38. The van der Waals surface area contributed by atoms with Gasteiger partial charge in [0.25, 0.3) is 0 Å². The summed E-state index contributed by atoms with van der Waals surface area (Å²) in [6.07, 6.45) is 1.66. The van der Waals surface area contributed by atoms with E-state index in [0.29, 0.717) is 6.54 Å². The number of aromatic nitrogens is 2. The molecule has 2 N–H and O–H groups in total. The second-order valence-corrected chi connectivity index (χ2v) is 4.05. The van der Waals surface area contributed by atoms with E-state index >= 15 is 0 Å². The van der Waals surface area contributed by atoms with Gasteiger partial charge in [0.05, 0.1) is 18.2 Å². The first-order valence-corrected chi connectivity index (χ1v) is 5.30. The number of carbonyl (C=O) groups is 2. The zero-order valence-corrected chi connectivity index (χ0v) is 9.46. The van der Waals surface area contributed by atoms with Crippen LogP contribution in [0.25, 0.3) is 0 Å². The van der Waals surface area contributed by atoms with Crippen LogP contribution in [-0.2, 0) is 18.4 Å². The van der Waals surface area contributed by atoms with Crippen LogP contribution >= 0.6 is 0 Å². The van der Waals surface area contributed by atoms with E-state index < -0.39 is 11.9 Å².